The van der Waals surface area contributed by atoms with Crippen molar-refractivity contribution in [3.63, 3.8) is 0 Å². The Balaban J connectivity index is 1.73. The number of anilines is 1. The number of ether oxygens (including phenoxy) is 1. The number of fused-ring (bicyclic) bond motifs is 1. The zero-order chi connectivity index (χ0) is 23.2. The fraction of sp³-hybridized carbons (Fsp3) is 0.227. The molecule has 1 aliphatic heterocycles. The van der Waals surface area contributed by atoms with E-state index in [1.54, 1.807) is 31.2 Å². The van der Waals surface area contributed by atoms with Crippen LogP contribution in [0.3, 0.4) is 0 Å². The van der Waals surface area contributed by atoms with Crippen LogP contribution in [-0.2, 0) is 11.3 Å². The maximum absolute atomic E-state index is 14.9. The molecule has 3 aromatic rings. The number of hydrazine groups is 1. The average Bonchev–Trinajstić information content (AvgIpc) is 2.79. The Labute approximate surface area is 186 Å². The summed E-state index contributed by atoms with van der Waals surface area (Å²) in [5, 5.41) is 9.60. The fourth-order valence-corrected chi connectivity index (χ4v) is 4.10. The number of aromatic carboxylic acids is 1. The topological polar surface area (TPSA) is 101 Å². The van der Waals surface area contributed by atoms with Gasteiger partial charge in [0.2, 0.25) is 5.43 Å². The summed E-state index contributed by atoms with van der Waals surface area (Å²) in [4.78, 5) is 36.3. The summed E-state index contributed by atoms with van der Waals surface area (Å²) in [7, 11) is 1.54. The van der Waals surface area contributed by atoms with Gasteiger partial charge in [-0.05, 0) is 36.8 Å². The summed E-state index contributed by atoms with van der Waals surface area (Å²) in [6.45, 7) is 2.12. The Bertz CT molecular complexity index is 1290. The summed E-state index contributed by atoms with van der Waals surface area (Å²) >= 11 is 6.23. The highest BCUT2D eigenvalue weighted by Gasteiger charge is 2.48. The first kappa shape index (κ1) is 21.6. The molecule has 0 spiro atoms. The number of nitrogens with one attached hydrogen (secondary N) is 1. The molecule has 0 bridgehead atoms. The van der Waals surface area contributed by atoms with Crippen molar-refractivity contribution in [3.8, 4) is 5.75 Å². The second-order valence-corrected chi connectivity index (χ2v) is 7.72. The lowest BCUT2D eigenvalue weighted by molar-refractivity contribution is -0.143. The highest BCUT2D eigenvalue weighted by Crippen LogP contribution is 2.39. The molecule has 0 saturated carbocycles. The van der Waals surface area contributed by atoms with Crippen molar-refractivity contribution < 1.29 is 23.8 Å². The van der Waals surface area contributed by atoms with Crippen LogP contribution in [-0.4, -0.2) is 39.0 Å². The standard InChI is InChI=1S/C22H19ClFN3O5/c1-3-26-10-14(22(30)31)20(28)13-8-15(24)16(9-17(13)26)25-27-19(18(23)21(27)29)11-4-6-12(32-2)7-5-11/h4-10,18-19,25H,3H2,1-2H3,(H,30,31). The van der Waals surface area contributed by atoms with Gasteiger partial charge in [0.1, 0.15) is 28.5 Å². The van der Waals surface area contributed by atoms with Crippen LogP contribution in [0.5, 0.6) is 5.75 Å². The van der Waals surface area contributed by atoms with Crippen LogP contribution in [0.4, 0.5) is 10.1 Å². The van der Waals surface area contributed by atoms with E-state index in [1.807, 2.05) is 0 Å². The zero-order valence-electron chi connectivity index (χ0n) is 17.1. The van der Waals surface area contributed by atoms with Crippen LogP contribution in [0.25, 0.3) is 10.9 Å². The number of amides is 1. The van der Waals surface area contributed by atoms with E-state index in [-0.39, 0.29) is 11.1 Å². The van der Waals surface area contributed by atoms with Crippen LogP contribution in [0, 0.1) is 5.82 Å². The number of rotatable bonds is 6. The number of carbonyl (C=O) groups is 2. The first-order chi connectivity index (χ1) is 15.3. The third kappa shape index (κ3) is 3.44. The smallest absolute Gasteiger partial charge is 0.341 e. The van der Waals surface area contributed by atoms with Gasteiger partial charge in [0.05, 0.1) is 18.3 Å². The van der Waals surface area contributed by atoms with E-state index in [0.717, 1.165) is 11.6 Å². The highest BCUT2D eigenvalue weighted by molar-refractivity contribution is 6.33. The Morgan fingerprint density at radius 1 is 1.25 bits per heavy atom. The van der Waals surface area contributed by atoms with Crippen LogP contribution in [0.15, 0.2) is 47.4 Å². The number of nitrogens with zero attached hydrogens (tertiary/aromatic N) is 2. The predicted molar refractivity (Wildman–Crippen MR) is 117 cm³/mol. The molecule has 32 heavy (non-hydrogen) atoms. The Morgan fingerprint density at radius 3 is 2.53 bits per heavy atom. The number of aromatic nitrogens is 1. The van der Waals surface area contributed by atoms with Gasteiger partial charge < -0.3 is 14.4 Å². The number of alkyl halides is 1. The van der Waals surface area contributed by atoms with E-state index in [2.05, 4.69) is 5.43 Å². The molecule has 1 aromatic heterocycles. The van der Waals surface area contributed by atoms with Gasteiger partial charge in [-0.1, -0.05) is 12.1 Å². The molecule has 0 aliphatic carbocycles. The van der Waals surface area contributed by atoms with Crippen molar-refractivity contribution in [2.45, 2.75) is 24.9 Å². The number of pyridine rings is 1. The number of halogens is 2. The maximum atomic E-state index is 14.9. The minimum absolute atomic E-state index is 0.0439. The van der Waals surface area contributed by atoms with Crippen molar-refractivity contribution in [2.24, 2.45) is 0 Å². The fourth-order valence-electron chi connectivity index (χ4n) is 3.74. The van der Waals surface area contributed by atoms with Crippen LogP contribution >= 0.6 is 11.6 Å². The number of aryl methyl sites for hydroxylation is 1. The summed E-state index contributed by atoms with van der Waals surface area (Å²) in [6, 6.07) is 8.79. The normalized spacial score (nSPS) is 17.9. The first-order valence-electron chi connectivity index (χ1n) is 9.74. The first-order valence-corrected chi connectivity index (χ1v) is 10.2. The molecular weight excluding hydrogens is 441 g/mol. The van der Waals surface area contributed by atoms with E-state index >= 15 is 0 Å². The van der Waals surface area contributed by atoms with Gasteiger partial charge in [-0.3, -0.25) is 15.0 Å². The van der Waals surface area contributed by atoms with E-state index in [1.165, 1.54) is 28.9 Å². The lowest BCUT2D eigenvalue weighted by Crippen LogP contribution is -2.58. The van der Waals surface area contributed by atoms with Crippen LogP contribution < -0.4 is 15.6 Å². The second-order valence-electron chi connectivity index (χ2n) is 7.25. The number of carboxylic acid groups (broad SMARTS) is 1. The molecule has 2 aromatic carbocycles. The lowest BCUT2D eigenvalue weighted by atomic mass is 9.95. The monoisotopic (exact) mass is 459 g/mol. The van der Waals surface area contributed by atoms with Gasteiger partial charge in [-0.15, -0.1) is 11.6 Å². The van der Waals surface area contributed by atoms with Gasteiger partial charge in [0.25, 0.3) is 5.91 Å². The highest BCUT2D eigenvalue weighted by atomic mass is 35.5. The van der Waals surface area contributed by atoms with Crippen molar-refractivity contribution in [1.82, 2.24) is 9.58 Å². The van der Waals surface area contributed by atoms with Crippen molar-refractivity contribution in [2.75, 3.05) is 12.5 Å². The summed E-state index contributed by atoms with van der Waals surface area (Å²) in [5.74, 6) is -1.98. The number of methoxy groups -OCH3 is 1. The van der Waals surface area contributed by atoms with Gasteiger partial charge in [0, 0.05) is 18.1 Å². The lowest BCUT2D eigenvalue weighted by Gasteiger charge is -2.44. The van der Waals surface area contributed by atoms with Gasteiger partial charge in [-0.25, -0.2) is 14.2 Å². The quantitative estimate of drug-likeness (QED) is 0.433. The molecule has 2 N–H and O–H groups in total. The SMILES string of the molecule is CCn1cc(C(=O)O)c(=O)c2cc(F)c(NN3C(=O)C(Cl)C3c3ccc(OC)cc3)cc21. The molecule has 1 saturated heterocycles. The van der Waals surface area contributed by atoms with Gasteiger partial charge in [-0.2, -0.15) is 0 Å². The molecule has 2 atom stereocenters. The average molecular weight is 460 g/mol. The summed E-state index contributed by atoms with van der Waals surface area (Å²) < 4.78 is 21.6. The number of carboxylic acids is 1. The van der Waals surface area contributed by atoms with Crippen molar-refractivity contribution >= 4 is 40.1 Å². The summed E-state index contributed by atoms with van der Waals surface area (Å²) in [6.07, 6.45) is 1.22. The van der Waals surface area contributed by atoms with Gasteiger partial charge >= 0.3 is 5.97 Å². The minimum Gasteiger partial charge on any atom is -0.497 e. The maximum Gasteiger partial charge on any atom is 0.341 e. The molecule has 10 heteroatoms. The Morgan fingerprint density at radius 2 is 1.94 bits per heavy atom. The molecule has 166 valence electrons. The molecule has 2 unspecified atom stereocenters. The zero-order valence-corrected chi connectivity index (χ0v) is 17.9. The minimum atomic E-state index is -1.39. The van der Waals surface area contributed by atoms with E-state index in [0.29, 0.717) is 17.8 Å². The molecular formula is C22H19ClFN3O5. The molecule has 1 amide bonds. The summed E-state index contributed by atoms with van der Waals surface area (Å²) in [5.41, 5.74) is 2.57. The molecule has 4 rings (SSSR count). The third-order valence-corrected chi connectivity index (χ3v) is 5.89. The number of benzene rings is 2. The molecule has 8 nitrogen and oxygen atoms in total. The van der Waals surface area contributed by atoms with Crippen LogP contribution in [0.2, 0.25) is 0 Å². The Kier molecular flexibility index (Phi) is 5.52. The van der Waals surface area contributed by atoms with E-state index < -0.39 is 40.1 Å². The van der Waals surface area contributed by atoms with Crippen molar-refractivity contribution in [3.05, 3.63) is 69.8 Å². The molecule has 1 fully saturated rings. The third-order valence-electron chi connectivity index (χ3n) is 5.47. The predicted octanol–water partition coefficient (Wildman–Crippen LogP) is 3.39. The van der Waals surface area contributed by atoms with Crippen LogP contribution in [0.1, 0.15) is 28.9 Å². The number of carbonyl (C=O) groups excluding carboxylic acids is 1. The molecule has 1 aliphatic rings. The van der Waals surface area contributed by atoms with E-state index in [9.17, 15) is 23.9 Å². The molecule has 0 radical (unpaired) electrons. The second kappa shape index (κ2) is 8.16. The number of β-lactam (4-membered cyclic amide) rings is 1. The Hall–Kier alpha value is -3.59. The van der Waals surface area contributed by atoms with Gasteiger partial charge in [0.15, 0.2) is 0 Å². The number of hydrogen-bond acceptors (Lipinski definition) is 5. The van der Waals surface area contributed by atoms with Crippen molar-refractivity contribution in [1.29, 1.82) is 0 Å². The largest absolute Gasteiger partial charge is 0.497 e. The molecule has 2 heterocycles. The van der Waals surface area contributed by atoms with E-state index in [4.69, 9.17) is 16.3 Å². The number of hydrogen-bond donors (Lipinski definition) is 2.